The van der Waals surface area contributed by atoms with Crippen molar-refractivity contribution in [3.8, 4) is 0 Å². The highest BCUT2D eigenvalue weighted by Gasteiger charge is 2.24. The fourth-order valence-corrected chi connectivity index (χ4v) is 3.12. The zero-order chi connectivity index (χ0) is 15.2. The molecule has 1 aromatic rings. The van der Waals surface area contributed by atoms with E-state index < -0.39 is 0 Å². The predicted octanol–water partition coefficient (Wildman–Crippen LogP) is 2.15. The van der Waals surface area contributed by atoms with Crippen LogP contribution in [0.25, 0.3) is 0 Å². The number of hydrogen-bond acceptors (Lipinski definition) is 3. The van der Waals surface area contributed by atoms with Crippen LogP contribution in [0.4, 0.5) is 4.79 Å². The van der Waals surface area contributed by atoms with Crippen molar-refractivity contribution >= 4 is 23.3 Å². The summed E-state index contributed by atoms with van der Waals surface area (Å²) >= 11 is 1.63. The second kappa shape index (κ2) is 7.45. The average Bonchev–Trinajstić information content (AvgIpc) is 2.98. The number of nitrogens with one attached hydrogen (secondary N) is 1. The summed E-state index contributed by atoms with van der Waals surface area (Å²) in [6, 6.07) is 2.02. The van der Waals surface area contributed by atoms with E-state index >= 15 is 0 Å². The van der Waals surface area contributed by atoms with Gasteiger partial charge in [0, 0.05) is 40.2 Å². The number of urea groups is 1. The number of carbonyl (C=O) groups excluding carboxylic acids is 2. The van der Waals surface area contributed by atoms with Gasteiger partial charge < -0.3 is 15.1 Å². The summed E-state index contributed by atoms with van der Waals surface area (Å²) in [5.74, 6) is 0.580. The van der Waals surface area contributed by atoms with Gasteiger partial charge in [0.25, 0.3) is 0 Å². The Labute approximate surface area is 129 Å². The molecule has 2 rings (SSSR count). The lowest BCUT2D eigenvalue weighted by Gasteiger charge is -2.32. The Balaban J connectivity index is 1.70. The minimum atomic E-state index is -0.00131. The molecule has 2 heterocycles. The van der Waals surface area contributed by atoms with Crippen molar-refractivity contribution < 1.29 is 9.59 Å². The van der Waals surface area contributed by atoms with Crippen molar-refractivity contribution in [2.45, 2.75) is 25.8 Å². The van der Waals surface area contributed by atoms with E-state index in [0.29, 0.717) is 18.9 Å². The van der Waals surface area contributed by atoms with Crippen LogP contribution >= 0.6 is 11.3 Å². The molecule has 0 unspecified atom stereocenters. The summed E-state index contributed by atoms with van der Waals surface area (Å²) < 4.78 is 0. The van der Waals surface area contributed by atoms with Crippen molar-refractivity contribution in [1.82, 2.24) is 15.1 Å². The SMILES string of the molecule is CN(C)C(=O)CC1CCN(C(=O)NCc2ccsc2)CC1. The Hall–Kier alpha value is -1.56. The zero-order valence-electron chi connectivity index (χ0n) is 12.7. The van der Waals surface area contributed by atoms with Crippen LogP contribution in [0.15, 0.2) is 16.8 Å². The van der Waals surface area contributed by atoms with Gasteiger partial charge in [-0.3, -0.25) is 4.79 Å². The summed E-state index contributed by atoms with van der Waals surface area (Å²) in [5.41, 5.74) is 1.14. The van der Waals surface area contributed by atoms with Crippen LogP contribution in [0.3, 0.4) is 0 Å². The molecular formula is C15H23N3O2S. The molecule has 0 atom stereocenters. The van der Waals surface area contributed by atoms with Gasteiger partial charge in [0.1, 0.15) is 0 Å². The number of hydrogen-bond donors (Lipinski definition) is 1. The van der Waals surface area contributed by atoms with Crippen molar-refractivity contribution in [3.63, 3.8) is 0 Å². The highest BCUT2D eigenvalue weighted by molar-refractivity contribution is 7.07. The summed E-state index contributed by atoms with van der Waals surface area (Å²) in [7, 11) is 3.57. The lowest BCUT2D eigenvalue weighted by Crippen LogP contribution is -2.44. The molecule has 1 aromatic heterocycles. The summed E-state index contributed by atoms with van der Waals surface area (Å²) in [4.78, 5) is 27.3. The van der Waals surface area contributed by atoms with Gasteiger partial charge in [-0.25, -0.2) is 4.79 Å². The van der Waals surface area contributed by atoms with E-state index in [2.05, 4.69) is 5.32 Å². The van der Waals surface area contributed by atoms with E-state index in [-0.39, 0.29) is 11.9 Å². The molecule has 116 valence electrons. The molecule has 0 spiro atoms. The first-order chi connectivity index (χ1) is 10.1. The predicted molar refractivity (Wildman–Crippen MR) is 84.2 cm³/mol. The standard InChI is InChI=1S/C15H23N3O2S/c1-17(2)14(19)9-12-3-6-18(7-4-12)15(20)16-10-13-5-8-21-11-13/h5,8,11-12H,3-4,6-7,9-10H2,1-2H3,(H,16,20). The number of thiophene rings is 1. The third-order valence-electron chi connectivity index (χ3n) is 3.89. The van der Waals surface area contributed by atoms with Gasteiger partial charge >= 0.3 is 6.03 Å². The average molecular weight is 309 g/mol. The van der Waals surface area contributed by atoms with Gasteiger partial charge in [-0.1, -0.05) is 0 Å². The topological polar surface area (TPSA) is 52.7 Å². The summed E-state index contributed by atoms with van der Waals surface area (Å²) in [5, 5.41) is 7.00. The minimum absolute atomic E-state index is 0.00131. The molecule has 3 amide bonds. The molecule has 1 saturated heterocycles. The van der Waals surface area contributed by atoms with Crippen LogP contribution in [0.5, 0.6) is 0 Å². The Morgan fingerprint density at radius 2 is 2.10 bits per heavy atom. The Morgan fingerprint density at radius 1 is 1.38 bits per heavy atom. The van der Waals surface area contributed by atoms with Crippen molar-refractivity contribution in [1.29, 1.82) is 0 Å². The molecule has 0 saturated carbocycles. The summed E-state index contributed by atoms with van der Waals surface area (Å²) in [6.45, 7) is 2.06. The normalized spacial score (nSPS) is 15.8. The molecular weight excluding hydrogens is 286 g/mol. The molecule has 5 nitrogen and oxygen atoms in total. The first-order valence-corrected chi connectivity index (χ1v) is 8.24. The highest BCUT2D eigenvalue weighted by atomic mass is 32.1. The molecule has 0 bridgehead atoms. The van der Waals surface area contributed by atoms with E-state index in [1.807, 2.05) is 21.7 Å². The third kappa shape index (κ3) is 4.74. The van der Waals surface area contributed by atoms with E-state index in [1.165, 1.54) is 0 Å². The van der Waals surface area contributed by atoms with Gasteiger partial charge in [0.15, 0.2) is 0 Å². The van der Waals surface area contributed by atoms with Gasteiger partial charge in [0.2, 0.25) is 5.91 Å². The molecule has 6 heteroatoms. The maximum Gasteiger partial charge on any atom is 0.317 e. The fourth-order valence-electron chi connectivity index (χ4n) is 2.45. The Morgan fingerprint density at radius 3 is 2.67 bits per heavy atom. The monoisotopic (exact) mass is 309 g/mol. The Kier molecular flexibility index (Phi) is 5.61. The lowest BCUT2D eigenvalue weighted by molar-refractivity contribution is -0.129. The maximum atomic E-state index is 12.1. The lowest BCUT2D eigenvalue weighted by atomic mass is 9.93. The van der Waals surface area contributed by atoms with Crippen LogP contribution in [0, 0.1) is 5.92 Å². The highest BCUT2D eigenvalue weighted by Crippen LogP contribution is 2.21. The van der Waals surface area contributed by atoms with Crippen molar-refractivity contribution in [3.05, 3.63) is 22.4 Å². The molecule has 0 aromatic carbocycles. The largest absolute Gasteiger partial charge is 0.349 e. The molecule has 1 aliphatic heterocycles. The quantitative estimate of drug-likeness (QED) is 0.926. The van der Waals surface area contributed by atoms with E-state index in [4.69, 9.17) is 0 Å². The number of piperidine rings is 1. The molecule has 1 aliphatic rings. The molecule has 21 heavy (non-hydrogen) atoms. The van der Waals surface area contributed by atoms with E-state index in [1.54, 1.807) is 30.3 Å². The minimum Gasteiger partial charge on any atom is -0.349 e. The van der Waals surface area contributed by atoms with Gasteiger partial charge in [-0.05, 0) is 41.1 Å². The third-order valence-corrected chi connectivity index (χ3v) is 4.62. The maximum absolute atomic E-state index is 12.1. The molecule has 1 fully saturated rings. The molecule has 0 aliphatic carbocycles. The number of rotatable bonds is 4. The van der Waals surface area contributed by atoms with Crippen LogP contribution in [0.1, 0.15) is 24.8 Å². The fraction of sp³-hybridized carbons (Fsp3) is 0.600. The van der Waals surface area contributed by atoms with Gasteiger partial charge in [-0.2, -0.15) is 11.3 Å². The molecule has 0 radical (unpaired) electrons. The van der Waals surface area contributed by atoms with Crippen LogP contribution in [0.2, 0.25) is 0 Å². The van der Waals surface area contributed by atoms with Crippen LogP contribution in [-0.2, 0) is 11.3 Å². The van der Waals surface area contributed by atoms with Crippen LogP contribution < -0.4 is 5.32 Å². The van der Waals surface area contributed by atoms with Crippen molar-refractivity contribution in [2.75, 3.05) is 27.2 Å². The zero-order valence-corrected chi connectivity index (χ0v) is 13.5. The number of carbonyl (C=O) groups is 2. The Bertz CT molecular complexity index is 465. The smallest absolute Gasteiger partial charge is 0.317 e. The number of amides is 3. The second-order valence-corrected chi connectivity index (χ2v) is 6.49. The van der Waals surface area contributed by atoms with E-state index in [9.17, 15) is 9.59 Å². The molecule has 1 N–H and O–H groups in total. The second-order valence-electron chi connectivity index (χ2n) is 5.71. The van der Waals surface area contributed by atoms with Crippen molar-refractivity contribution in [2.24, 2.45) is 5.92 Å². The first-order valence-electron chi connectivity index (χ1n) is 7.30. The van der Waals surface area contributed by atoms with E-state index in [0.717, 1.165) is 31.5 Å². The summed E-state index contributed by atoms with van der Waals surface area (Å²) in [6.07, 6.45) is 2.41. The number of likely N-dealkylation sites (tertiary alicyclic amines) is 1. The first kappa shape index (κ1) is 15.8. The number of nitrogens with zero attached hydrogens (tertiary/aromatic N) is 2. The van der Waals surface area contributed by atoms with Gasteiger partial charge in [0.05, 0.1) is 0 Å². The van der Waals surface area contributed by atoms with Crippen LogP contribution in [-0.4, -0.2) is 48.9 Å². The van der Waals surface area contributed by atoms with Gasteiger partial charge in [-0.15, -0.1) is 0 Å².